The maximum absolute atomic E-state index is 12.2. The van der Waals surface area contributed by atoms with Crippen LogP contribution in [0.5, 0.6) is 11.5 Å². The van der Waals surface area contributed by atoms with Gasteiger partial charge in [-0.1, -0.05) is 19.9 Å². The van der Waals surface area contributed by atoms with Crippen molar-refractivity contribution in [3.63, 3.8) is 0 Å². The van der Waals surface area contributed by atoms with Crippen LogP contribution in [0.15, 0.2) is 18.2 Å². The van der Waals surface area contributed by atoms with Crippen molar-refractivity contribution in [1.29, 1.82) is 0 Å². The van der Waals surface area contributed by atoms with E-state index >= 15 is 0 Å². The molecule has 2 atom stereocenters. The molecular formula is C22H31NO11. The van der Waals surface area contributed by atoms with Crippen LogP contribution in [0.3, 0.4) is 0 Å². The lowest BCUT2D eigenvalue weighted by Gasteiger charge is -2.16. The number of benzene rings is 1. The molecule has 0 aliphatic heterocycles. The Hall–Kier alpha value is -3.54. The lowest BCUT2D eigenvalue weighted by molar-refractivity contribution is -0.148. The number of methoxy groups -OCH3 is 1. The summed E-state index contributed by atoms with van der Waals surface area (Å²) in [5, 5.41) is 0. The molecule has 0 heterocycles. The fourth-order valence-electron chi connectivity index (χ4n) is 2.34. The lowest BCUT2D eigenvalue weighted by Crippen LogP contribution is -2.36. The maximum atomic E-state index is 12.2. The first-order valence-corrected chi connectivity index (χ1v) is 10.7. The Balaban J connectivity index is 2.85. The normalized spacial score (nSPS) is 12.0. The SMILES string of the molecule is CCCOC(=O)Oc1ccc(C[C@H](N)C(=O)OC[C@H](C)OC(=O)OC)cc1OC(=O)OCCC. The topological polar surface area (TPSA) is 159 Å². The monoisotopic (exact) mass is 485 g/mol. The molecule has 0 fully saturated rings. The van der Waals surface area contributed by atoms with Gasteiger partial charge in [-0.25, -0.2) is 14.4 Å². The van der Waals surface area contributed by atoms with Crippen LogP contribution in [-0.2, 0) is 34.9 Å². The van der Waals surface area contributed by atoms with E-state index in [0.717, 1.165) is 7.11 Å². The average molecular weight is 485 g/mol. The number of nitrogens with two attached hydrogens (primary N) is 1. The van der Waals surface area contributed by atoms with Crippen LogP contribution in [0.1, 0.15) is 39.2 Å². The number of ether oxygens (including phenoxy) is 7. The third-order valence-corrected chi connectivity index (χ3v) is 3.93. The fourth-order valence-corrected chi connectivity index (χ4v) is 2.34. The zero-order chi connectivity index (χ0) is 25.5. The smallest absolute Gasteiger partial charge is 0.461 e. The van der Waals surface area contributed by atoms with Crippen LogP contribution in [0.2, 0.25) is 0 Å². The van der Waals surface area contributed by atoms with Crippen LogP contribution in [0, 0.1) is 0 Å². The van der Waals surface area contributed by atoms with Gasteiger partial charge in [0.1, 0.15) is 18.8 Å². The minimum absolute atomic E-state index is 0.00595. The summed E-state index contributed by atoms with van der Waals surface area (Å²) in [6, 6.07) is 3.20. The summed E-state index contributed by atoms with van der Waals surface area (Å²) >= 11 is 0. The largest absolute Gasteiger partial charge is 0.513 e. The minimum atomic E-state index is -1.08. The average Bonchev–Trinajstić information content (AvgIpc) is 2.81. The van der Waals surface area contributed by atoms with Crippen molar-refractivity contribution >= 4 is 24.4 Å². The van der Waals surface area contributed by atoms with Crippen LogP contribution < -0.4 is 15.2 Å². The van der Waals surface area contributed by atoms with Crippen molar-refractivity contribution in [2.75, 3.05) is 26.9 Å². The second kappa shape index (κ2) is 15.3. The highest BCUT2D eigenvalue weighted by Crippen LogP contribution is 2.30. The molecule has 1 rings (SSSR count). The van der Waals surface area contributed by atoms with Gasteiger partial charge in [0.15, 0.2) is 11.5 Å². The summed E-state index contributed by atoms with van der Waals surface area (Å²) in [5.74, 6) is -0.940. The Morgan fingerprint density at radius 1 is 0.882 bits per heavy atom. The molecule has 0 saturated carbocycles. The van der Waals surface area contributed by atoms with Gasteiger partial charge in [-0.3, -0.25) is 4.79 Å². The molecule has 0 bridgehead atoms. The highest BCUT2D eigenvalue weighted by atomic mass is 16.7. The van der Waals surface area contributed by atoms with Gasteiger partial charge in [0, 0.05) is 0 Å². The Labute approximate surface area is 197 Å². The van der Waals surface area contributed by atoms with Gasteiger partial charge in [-0.05, 0) is 43.9 Å². The van der Waals surface area contributed by atoms with Gasteiger partial charge in [0.25, 0.3) is 0 Å². The van der Waals surface area contributed by atoms with Crippen molar-refractivity contribution in [1.82, 2.24) is 0 Å². The number of hydrogen-bond acceptors (Lipinski definition) is 12. The molecule has 0 aliphatic rings. The van der Waals surface area contributed by atoms with E-state index in [-0.39, 0.29) is 37.7 Å². The molecule has 2 N–H and O–H groups in total. The van der Waals surface area contributed by atoms with Gasteiger partial charge in [0.05, 0.1) is 20.3 Å². The Morgan fingerprint density at radius 2 is 1.47 bits per heavy atom. The molecule has 0 aliphatic carbocycles. The highest BCUT2D eigenvalue weighted by molar-refractivity contribution is 5.76. The zero-order valence-electron chi connectivity index (χ0n) is 19.7. The second-order valence-electron chi connectivity index (χ2n) is 7.01. The van der Waals surface area contributed by atoms with E-state index in [0.29, 0.717) is 18.4 Å². The highest BCUT2D eigenvalue weighted by Gasteiger charge is 2.21. The van der Waals surface area contributed by atoms with E-state index < -0.39 is 36.6 Å². The molecule has 0 amide bonds. The molecular weight excluding hydrogens is 454 g/mol. The van der Waals surface area contributed by atoms with Crippen molar-refractivity contribution in [3.05, 3.63) is 23.8 Å². The molecule has 12 heteroatoms. The first kappa shape index (κ1) is 28.5. The standard InChI is InChI=1S/C22H31NO11/c1-5-9-29-21(26)33-17-8-7-15(12-18(17)34-22(27)30-10-6-2)11-16(23)19(24)31-13-14(3)32-20(25)28-4/h7-8,12,14,16H,5-6,9-11,13,23H2,1-4H3/t14-,16-/m0/s1. The van der Waals surface area contributed by atoms with E-state index in [1.807, 2.05) is 13.8 Å². The van der Waals surface area contributed by atoms with Gasteiger partial charge in [-0.2, -0.15) is 0 Å². The third kappa shape index (κ3) is 10.9. The summed E-state index contributed by atoms with van der Waals surface area (Å²) in [6.45, 7) is 5.23. The van der Waals surface area contributed by atoms with Crippen LogP contribution in [0.4, 0.5) is 14.4 Å². The predicted octanol–water partition coefficient (Wildman–Crippen LogP) is 3.12. The molecule has 0 saturated heterocycles. The molecule has 1 aromatic carbocycles. The fraction of sp³-hybridized carbons (Fsp3) is 0.545. The van der Waals surface area contributed by atoms with E-state index in [1.54, 1.807) is 0 Å². The molecule has 1 aromatic rings. The Morgan fingerprint density at radius 3 is 2.03 bits per heavy atom. The van der Waals surface area contributed by atoms with Crippen molar-refractivity contribution < 1.29 is 52.3 Å². The summed E-state index contributed by atoms with van der Waals surface area (Å²) in [6.07, 6.45) is -2.41. The maximum Gasteiger partial charge on any atom is 0.513 e. The Kier molecular flexibility index (Phi) is 12.8. The van der Waals surface area contributed by atoms with E-state index in [1.165, 1.54) is 25.1 Å². The first-order valence-electron chi connectivity index (χ1n) is 10.7. The number of carbonyl (C=O) groups is 4. The Bertz CT molecular complexity index is 827. The quantitative estimate of drug-likeness (QED) is 0.262. The minimum Gasteiger partial charge on any atom is -0.461 e. The number of esters is 1. The van der Waals surface area contributed by atoms with Gasteiger partial charge >= 0.3 is 24.4 Å². The molecule has 34 heavy (non-hydrogen) atoms. The number of carbonyl (C=O) groups excluding carboxylic acids is 4. The summed E-state index contributed by atoms with van der Waals surface area (Å²) in [5.41, 5.74) is 6.39. The second-order valence-corrected chi connectivity index (χ2v) is 7.01. The van der Waals surface area contributed by atoms with Crippen molar-refractivity contribution in [2.45, 2.75) is 52.2 Å². The summed E-state index contributed by atoms with van der Waals surface area (Å²) < 4.78 is 34.2. The summed E-state index contributed by atoms with van der Waals surface area (Å²) in [4.78, 5) is 47.0. The van der Waals surface area contributed by atoms with Crippen LogP contribution >= 0.6 is 0 Å². The molecule has 12 nitrogen and oxygen atoms in total. The zero-order valence-corrected chi connectivity index (χ0v) is 19.7. The number of rotatable bonds is 12. The van der Waals surface area contributed by atoms with Crippen LogP contribution in [-0.4, -0.2) is 63.5 Å². The summed E-state index contributed by atoms with van der Waals surface area (Å²) in [7, 11) is 1.16. The predicted molar refractivity (Wildman–Crippen MR) is 117 cm³/mol. The van der Waals surface area contributed by atoms with E-state index in [4.69, 9.17) is 34.2 Å². The first-order chi connectivity index (χ1) is 16.2. The van der Waals surface area contributed by atoms with Gasteiger partial charge < -0.3 is 38.9 Å². The van der Waals surface area contributed by atoms with Gasteiger partial charge in [0.2, 0.25) is 0 Å². The molecule has 0 radical (unpaired) electrons. The molecule has 190 valence electrons. The lowest BCUT2D eigenvalue weighted by atomic mass is 10.1. The third-order valence-electron chi connectivity index (χ3n) is 3.93. The molecule has 0 aromatic heterocycles. The molecule has 0 unspecified atom stereocenters. The van der Waals surface area contributed by atoms with Crippen molar-refractivity contribution in [2.24, 2.45) is 5.73 Å². The van der Waals surface area contributed by atoms with E-state index in [2.05, 4.69) is 4.74 Å². The van der Waals surface area contributed by atoms with E-state index in [9.17, 15) is 19.2 Å². The number of hydrogen-bond donors (Lipinski definition) is 1. The van der Waals surface area contributed by atoms with Crippen LogP contribution in [0.25, 0.3) is 0 Å². The molecule has 0 spiro atoms. The van der Waals surface area contributed by atoms with Crippen molar-refractivity contribution in [3.8, 4) is 11.5 Å². The van der Waals surface area contributed by atoms with Gasteiger partial charge in [-0.15, -0.1) is 0 Å².